The Morgan fingerprint density at radius 2 is 1.58 bits per heavy atom. The van der Waals surface area contributed by atoms with E-state index in [4.69, 9.17) is 25.9 Å². The minimum Gasteiger partial charge on any atom is -0.497 e. The molecule has 8 nitrogen and oxygen atoms in total. The average Bonchev–Trinajstić information content (AvgIpc) is 2.81. The number of hydrogen-bond donors (Lipinski definition) is 3. The van der Waals surface area contributed by atoms with Crippen LogP contribution in [0.1, 0.15) is 22.3 Å². The van der Waals surface area contributed by atoms with Gasteiger partial charge in [0.2, 0.25) is 5.95 Å². The zero-order valence-corrected chi connectivity index (χ0v) is 19.1. The fourth-order valence-corrected chi connectivity index (χ4v) is 3.92. The van der Waals surface area contributed by atoms with Crippen molar-refractivity contribution < 1.29 is 9.47 Å². The summed E-state index contributed by atoms with van der Waals surface area (Å²) in [5.41, 5.74) is 16.8. The average molecular weight is 445 g/mol. The second-order valence-corrected chi connectivity index (χ2v) is 7.79. The molecule has 0 atom stereocenters. The first-order valence-corrected chi connectivity index (χ1v) is 10.7. The Bertz CT molecular complexity index is 1260. The summed E-state index contributed by atoms with van der Waals surface area (Å²) in [5.74, 6) is 2.73. The lowest BCUT2D eigenvalue weighted by atomic mass is 9.98. The molecule has 2 aromatic heterocycles. The fraction of sp³-hybridized carbons (Fsp3) is 0.240. The molecule has 33 heavy (non-hydrogen) atoms. The molecule has 2 heterocycles. The Morgan fingerprint density at radius 1 is 0.879 bits per heavy atom. The molecule has 0 radical (unpaired) electrons. The highest BCUT2D eigenvalue weighted by Gasteiger charge is 2.17. The van der Waals surface area contributed by atoms with Gasteiger partial charge in [-0.3, -0.25) is 0 Å². The molecule has 0 aliphatic rings. The van der Waals surface area contributed by atoms with E-state index in [-0.39, 0.29) is 5.95 Å². The second kappa shape index (κ2) is 9.60. The molecule has 0 amide bonds. The topological polar surface area (TPSA) is 121 Å². The molecule has 5 N–H and O–H groups in total. The van der Waals surface area contributed by atoms with Gasteiger partial charge in [-0.15, -0.1) is 0 Å². The third-order valence-electron chi connectivity index (χ3n) is 5.61. The molecule has 0 aliphatic carbocycles. The Kier molecular flexibility index (Phi) is 6.44. The van der Waals surface area contributed by atoms with Gasteiger partial charge in [-0.2, -0.15) is 9.97 Å². The first kappa shape index (κ1) is 22.1. The van der Waals surface area contributed by atoms with Crippen LogP contribution in [-0.2, 0) is 12.8 Å². The normalized spacial score (nSPS) is 10.9. The zero-order chi connectivity index (χ0) is 23.4. The quantitative estimate of drug-likeness (QED) is 0.376. The highest BCUT2D eigenvalue weighted by molar-refractivity contribution is 5.92. The number of pyridine rings is 1. The highest BCUT2D eigenvalue weighted by Crippen LogP contribution is 2.31. The highest BCUT2D eigenvalue weighted by atomic mass is 16.5. The Balaban J connectivity index is 1.67. The van der Waals surface area contributed by atoms with E-state index >= 15 is 0 Å². The maximum atomic E-state index is 6.19. The largest absolute Gasteiger partial charge is 0.497 e. The summed E-state index contributed by atoms with van der Waals surface area (Å²) < 4.78 is 10.8. The zero-order valence-electron chi connectivity index (χ0n) is 19.1. The summed E-state index contributed by atoms with van der Waals surface area (Å²) in [6.45, 7) is 2.68. The monoisotopic (exact) mass is 444 g/mol. The van der Waals surface area contributed by atoms with Gasteiger partial charge in [0.25, 0.3) is 0 Å². The van der Waals surface area contributed by atoms with Gasteiger partial charge < -0.3 is 26.3 Å². The van der Waals surface area contributed by atoms with Crippen molar-refractivity contribution in [2.24, 2.45) is 0 Å². The molecule has 4 aromatic rings. The van der Waals surface area contributed by atoms with Crippen LogP contribution < -0.4 is 26.3 Å². The van der Waals surface area contributed by atoms with Gasteiger partial charge in [0.15, 0.2) is 5.65 Å². The SMILES string of the molecule is COc1cc(CCNc2nc3nc(N)nc(N)c3c(C)c2Cc2ccccc2)cc(OC)c1. The number of nitrogen functional groups attached to an aromatic ring is 2. The van der Waals surface area contributed by atoms with E-state index in [9.17, 15) is 0 Å². The van der Waals surface area contributed by atoms with Crippen molar-refractivity contribution in [3.05, 3.63) is 70.8 Å². The van der Waals surface area contributed by atoms with Crippen molar-refractivity contribution in [2.75, 3.05) is 37.5 Å². The van der Waals surface area contributed by atoms with E-state index in [1.165, 1.54) is 5.56 Å². The number of hydrogen-bond acceptors (Lipinski definition) is 8. The van der Waals surface area contributed by atoms with E-state index in [2.05, 4.69) is 27.4 Å². The predicted octanol–water partition coefficient (Wildman–Crippen LogP) is 3.76. The molecule has 0 bridgehead atoms. The van der Waals surface area contributed by atoms with Crippen LogP contribution in [0, 0.1) is 6.92 Å². The molecule has 2 aromatic carbocycles. The Labute approximate surface area is 193 Å². The van der Waals surface area contributed by atoms with Crippen LogP contribution in [0.3, 0.4) is 0 Å². The molecular formula is C25H28N6O2. The van der Waals surface area contributed by atoms with Crippen molar-refractivity contribution in [1.29, 1.82) is 0 Å². The van der Waals surface area contributed by atoms with Gasteiger partial charge in [-0.1, -0.05) is 30.3 Å². The van der Waals surface area contributed by atoms with Crippen LogP contribution in [0.2, 0.25) is 0 Å². The Hall–Kier alpha value is -4.07. The number of fused-ring (bicyclic) bond motifs is 1. The number of nitrogens with two attached hydrogens (primary N) is 2. The minimum atomic E-state index is 0.108. The summed E-state index contributed by atoms with van der Waals surface area (Å²) in [6, 6.07) is 16.1. The van der Waals surface area contributed by atoms with Gasteiger partial charge in [0.05, 0.1) is 19.6 Å². The van der Waals surface area contributed by atoms with Gasteiger partial charge in [0, 0.05) is 24.6 Å². The number of nitrogens with one attached hydrogen (secondary N) is 1. The maximum absolute atomic E-state index is 6.19. The molecule has 0 unspecified atom stereocenters. The van der Waals surface area contributed by atoms with Crippen LogP contribution in [0.25, 0.3) is 11.0 Å². The lowest BCUT2D eigenvalue weighted by Crippen LogP contribution is -2.12. The molecule has 4 rings (SSSR count). The number of ether oxygens (including phenoxy) is 2. The standard InChI is InChI=1S/C25H28N6O2/c1-15-20(13-16-7-5-4-6-8-16)23(30-24-21(15)22(26)29-25(27)31-24)28-10-9-17-11-18(32-2)14-19(12-17)33-3/h4-8,11-12,14H,9-10,13H2,1-3H3,(H5,26,27,28,29,30,31). The lowest BCUT2D eigenvalue weighted by Gasteiger charge is -2.17. The number of aryl methyl sites for hydroxylation is 1. The van der Waals surface area contributed by atoms with Crippen LogP contribution in [0.4, 0.5) is 17.6 Å². The van der Waals surface area contributed by atoms with E-state index in [1.54, 1.807) is 14.2 Å². The summed E-state index contributed by atoms with van der Waals surface area (Å²) in [4.78, 5) is 13.2. The van der Waals surface area contributed by atoms with Gasteiger partial charge in [0.1, 0.15) is 23.1 Å². The van der Waals surface area contributed by atoms with Crippen molar-refractivity contribution >= 4 is 28.6 Å². The maximum Gasteiger partial charge on any atom is 0.224 e. The van der Waals surface area contributed by atoms with E-state index in [1.807, 2.05) is 43.3 Å². The van der Waals surface area contributed by atoms with Crippen molar-refractivity contribution in [2.45, 2.75) is 19.8 Å². The summed E-state index contributed by atoms with van der Waals surface area (Å²) in [6.07, 6.45) is 1.46. The van der Waals surface area contributed by atoms with Crippen molar-refractivity contribution in [3.63, 3.8) is 0 Å². The molecular weight excluding hydrogens is 416 g/mol. The van der Waals surface area contributed by atoms with Crippen LogP contribution in [0.15, 0.2) is 48.5 Å². The molecule has 0 spiro atoms. The molecule has 0 aliphatic heterocycles. The number of nitrogens with zero attached hydrogens (tertiary/aromatic N) is 3. The summed E-state index contributed by atoms with van der Waals surface area (Å²) in [5, 5.41) is 4.23. The molecule has 0 fully saturated rings. The number of anilines is 3. The van der Waals surface area contributed by atoms with Crippen LogP contribution >= 0.6 is 0 Å². The number of benzene rings is 2. The fourth-order valence-electron chi connectivity index (χ4n) is 3.92. The number of methoxy groups -OCH3 is 2. The predicted molar refractivity (Wildman–Crippen MR) is 132 cm³/mol. The summed E-state index contributed by atoms with van der Waals surface area (Å²) >= 11 is 0. The van der Waals surface area contributed by atoms with Crippen LogP contribution in [-0.4, -0.2) is 35.7 Å². The van der Waals surface area contributed by atoms with Gasteiger partial charge >= 0.3 is 0 Å². The smallest absolute Gasteiger partial charge is 0.224 e. The van der Waals surface area contributed by atoms with E-state index in [0.29, 0.717) is 24.4 Å². The lowest BCUT2D eigenvalue weighted by molar-refractivity contribution is 0.393. The third-order valence-corrected chi connectivity index (χ3v) is 5.61. The van der Waals surface area contributed by atoms with Crippen LogP contribution in [0.5, 0.6) is 11.5 Å². The first-order valence-electron chi connectivity index (χ1n) is 10.7. The second-order valence-electron chi connectivity index (χ2n) is 7.79. The van der Waals surface area contributed by atoms with Crippen molar-refractivity contribution in [3.8, 4) is 11.5 Å². The Morgan fingerprint density at radius 3 is 2.24 bits per heavy atom. The number of rotatable bonds is 8. The number of aromatic nitrogens is 3. The van der Waals surface area contributed by atoms with Gasteiger partial charge in [-0.25, -0.2) is 4.98 Å². The van der Waals surface area contributed by atoms with E-state index in [0.717, 1.165) is 45.8 Å². The minimum absolute atomic E-state index is 0.108. The van der Waals surface area contributed by atoms with Crippen molar-refractivity contribution in [1.82, 2.24) is 15.0 Å². The van der Waals surface area contributed by atoms with Gasteiger partial charge in [-0.05, 0) is 42.2 Å². The first-order chi connectivity index (χ1) is 16.0. The molecule has 0 saturated heterocycles. The summed E-state index contributed by atoms with van der Waals surface area (Å²) in [7, 11) is 3.29. The van der Waals surface area contributed by atoms with E-state index < -0.39 is 0 Å². The third kappa shape index (κ3) is 4.90. The molecule has 0 saturated carbocycles. The molecule has 8 heteroatoms. The molecule has 170 valence electrons.